The highest BCUT2D eigenvalue weighted by atomic mass is 79.9. The fourth-order valence-electron chi connectivity index (χ4n) is 1.78. The van der Waals surface area contributed by atoms with E-state index in [2.05, 4.69) is 72.9 Å². The van der Waals surface area contributed by atoms with Gasteiger partial charge in [0.25, 0.3) is 0 Å². The van der Waals surface area contributed by atoms with Crippen LogP contribution in [-0.4, -0.2) is 7.05 Å². The van der Waals surface area contributed by atoms with Crippen LogP contribution in [0.25, 0.3) is 0 Å². The SMILES string of the molecule is CNC(Cc1cccc(Br)c1)c1sccc1Br. The minimum Gasteiger partial charge on any atom is -0.312 e. The molecule has 0 aliphatic carbocycles. The van der Waals surface area contributed by atoms with Gasteiger partial charge < -0.3 is 5.32 Å². The van der Waals surface area contributed by atoms with E-state index < -0.39 is 0 Å². The Bertz CT molecular complexity index is 496. The fraction of sp³-hybridized carbons (Fsp3) is 0.231. The van der Waals surface area contributed by atoms with E-state index >= 15 is 0 Å². The molecule has 1 heterocycles. The molecule has 4 heteroatoms. The number of hydrogen-bond acceptors (Lipinski definition) is 2. The van der Waals surface area contributed by atoms with Gasteiger partial charge in [0, 0.05) is 19.9 Å². The summed E-state index contributed by atoms with van der Waals surface area (Å²) in [7, 11) is 2.01. The van der Waals surface area contributed by atoms with Crippen molar-refractivity contribution in [2.45, 2.75) is 12.5 Å². The zero-order valence-electron chi connectivity index (χ0n) is 9.41. The van der Waals surface area contributed by atoms with Crippen LogP contribution in [0.2, 0.25) is 0 Å². The number of likely N-dealkylation sites (N-methyl/N-ethyl adjacent to an activating group) is 1. The highest BCUT2D eigenvalue weighted by molar-refractivity contribution is 9.10. The molecule has 0 aliphatic heterocycles. The van der Waals surface area contributed by atoms with Gasteiger partial charge in [0.05, 0.1) is 0 Å². The lowest BCUT2D eigenvalue weighted by molar-refractivity contribution is 0.600. The van der Waals surface area contributed by atoms with Gasteiger partial charge in [-0.1, -0.05) is 28.1 Å². The fourth-order valence-corrected chi connectivity index (χ4v) is 3.99. The Balaban J connectivity index is 2.19. The van der Waals surface area contributed by atoms with Gasteiger partial charge in [-0.15, -0.1) is 11.3 Å². The van der Waals surface area contributed by atoms with Crippen molar-refractivity contribution in [3.05, 3.63) is 55.1 Å². The summed E-state index contributed by atoms with van der Waals surface area (Å²) in [5.41, 5.74) is 1.33. The zero-order valence-corrected chi connectivity index (χ0v) is 13.4. The molecule has 1 atom stereocenters. The summed E-state index contributed by atoms with van der Waals surface area (Å²) in [5.74, 6) is 0. The monoisotopic (exact) mass is 373 g/mol. The molecule has 2 aromatic rings. The molecule has 1 aromatic carbocycles. The van der Waals surface area contributed by atoms with E-state index in [4.69, 9.17) is 0 Å². The summed E-state index contributed by atoms with van der Waals surface area (Å²) >= 11 is 8.89. The van der Waals surface area contributed by atoms with Crippen LogP contribution in [0.3, 0.4) is 0 Å². The van der Waals surface area contributed by atoms with Crippen molar-refractivity contribution in [2.24, 2.45) is 0 Å². The second-order valence-corrected chi connectivity index (χ2v) is 6.53. The Hall–Kier alpha value is -0.160. The Morgan fingerprint density at radius 2 is 2.12 bits per heavy atom. The molecule has 0 saturated carbocycles. The Kier molecular flexibility index (Phi) is 4.79. The van der Waals surface area contributed by atoms with Gasteiger partial charge in [0.15, 0.2) is 0 Å². The average molecular weight is 375 g/mol. The number of halogens is 2. The van der Waals surface area contributed by atoms with Gasteiger partial charge in [0.1, 0.15) is 0 Å². The maximum Gasteiger partial charge on any atom is 0.0464 e. The van der Waals surface area contributed by atoms with Crippen molar-refractivity contribution < 1.29 is 0 Å². The standard InChI is InChI=1S/C13H13Br2NS/c1-16-12(13-11(15)5-6-17-13)8-9-3-2-4-10(14)7-9/h2-7,12,16H,8H2,1H3. The first-order valence-electron chi connectivity index (χ1n) is 5.35. The van der Waals surface area contributed by atoms with Crippen LogP contribution in [-0.2, 0) is 6.42 Å². The Labute approximate surface area is 123 Å². The number of nitrogens with one attached hydrogen (secondary N) is 1. The van der Waals surface area contributed by atoms with Gasteiger partial charge >= 0.3 is 0 Å². The van der Waals surface area contributed by atoms with Crippen molar-refractivity contribution >= 4 is 43.2 Å². The molecule has 0 amide bonds. The van der Waals surface area contributed by atoms with E-state index in [0.717, 1.165) is 10.9 Å². The van der Waals surface area contributed by atoms with E-state index in [1.54, 1.807) is 11.3 Å². The molecule has 0 fully saturated rings. The Morgan fingerprint density at radius 1 is 1.29 bits per heavy atom. The number of rotatable bonds is 4. The van der Waals surface area contributed by atoms with Crippen LogP contribution in [0.1, 0.15) is 16.5 Å². The van der Waals surface area contributed by atoms with E-state index in [1.165, 1.54) is 14.9 Å². The van der Waals surface area contributed by atoms with Crippen molar-refractivity contribution in [1.29, 1.82) is 0 Å². The van der Waals surface area contributed by atoms with E-state index in [0.29, 0.717) is 6.04 Å². The highest BCUT2D eigenvalue weighted by Crippen LogP contribution is 2.31. The molecule has 0 aliphatic rings. The summed E-state index contributed by atoms with van der Waals surface area (Å²) in [6, 6.07) is 10.9. The predicted octanol–water partition coefficient (Wildman–Crippen LogP) is 4.78. The highest BCUT2D eigenvalue weighted by Gasteiger charge is 2.14. The topological polar surface area (TPSA) is 12.0 Å². The van der Waals surface area contributed by atoms with Gasteiger partial charge in [0.2, 0.25) is 0 Å². The van der Waals surface area contributed by atoms with Gasteiger partial charge in [-0.2, -0.15) is 0 Å². The second kappa shape index (κ2) is 6.14. The molecule has 1 aromatic heterocycles. The second-order valence-electron chi connectivity index (χ2n) is 3.81. The molecule has 90 valence electrons. The Morgan fingerprint density at radius 3 is 2.71 bits per heavy atom. The molecular formula is C13H13Br2NS. The number of benzene rings is 1. The quantitative estimate of drug-likeness (QED) is 0.812. The first kappa shape index (κ1) is 13.3. The normalized spacial score (nSPS) is 12.6. The number of thiophene rings is 1. The minimum absolute atomic E-state index is 0.360. The largest absolute Gasteiger partial charge is 0.312 e. The first-order valence-corrected chi connectivity index (χ1v) is 7.82. The van der Waals surface area contributed by atoms with E-state index in [9.17, 15) is 0 Å². The molecule has 0 saturated heterocycles. The van der Waals surface area contributed by atoms with Crippen molar-refractivity contribution in [3.63, 3.8) is 0 Å². The zero-order chi connectivity index (χ0) is 12.3. The predicted molar refractivity (Wildman–Crippen MR) is 81.7 cm³/mol. The molecule has 1 N–H and O–H groups in total. The molecular weight excluding hydrogens is 362 g/mol. The van der Waals surface area contributed by atoms with Crippen LogP contribution in [0.15, 0.2) is 44.7 Å². The van der Waals surface area contributed by atoms with Crippen molar-refractivity contribution in [3.8, 4) is 0 Å². The van der Waals surface area contributed by atoms with Crippen LogP contribution < -0.4 is 5.32 Å². The third-order valence-corrected chi connectivity index (χ3v) is 5.12. The summed E-state index contributed by atoms with van der Waals surface area (Å²) in [6.07, 6.45) is 0.995. The van der Waals surface area contributed by atoms with E-state index in [1.807, 2.05) is 7.05 Å². The molecule has 0 bridgehead atoms. The lowest BCUT2D eigenvalue weighted by Gasteiger charge is -2.15. The van der Waals surface area contributed by atoms with Crippen molar-refractivity contribution in [1.82, 2.24) is 5.32 Å². The van der Waals surface area contributed by atoms with Crippen LogP contribution in [0.5, 0.6) is 0 Å². The summed E-state index contributed by atoms with van der Waals surface area (Å²) in [5, 5.41) is 5.49. The van der Waals surface area contributed by atoms with Crippen LogP contribution in [0, 0.1) is 0 Å². The van der Waals surface area contributed by atoms with Gasteiger partial charge in [-0.05, 0) is 58.5 Å². The molecule has 1 unspecified atom stereocenters. The number of hydrogen-bond donors (Lipinski definition) is 1. The maximum absolute atomic E-state index is 3.60. The molecule has 0 radical (unpaired) electrons. The van der Waals surface area contributed by atoms with Crippen LogP contribution in [0.4, 0.5) is 0 Å². The first-order chi connectivity index (χ1) is 8.20. The van der Waals surface area contributed by atoms with Crippen LogP contribution >= 0.6 is 43.2 Å². The third kappa shape index (κ3) is 3.41. The summed E-state index contributed by atoms with van der Waals surface area (Å²) in [6.45, 7) is 0. The average Bonchev–Trinajstić information content (AvgIpc) is 2.72. The molecule has 0 spiro atoms. The minimum atomic E-state index is 0.360. The van der Waals surface area contributed by atoms with E-state index in [-0.39, 0.29) is 0 Å². The third-order valence-electron chi connectivity index (χ3n) is 2.64. The maximum atomic E-state index is 3.60. The van der Waals surface area contributed by atoms with Crippen molar-refractivity contribution in [2.75, 3.05) is 7.05 Å². The molecule has 1 nitrogen and oxygen atoms in total. The smallest absolute Gasteiger partial charge is 0.0464 e. The lowest BCUT2D eigenvalue weighted by atomic mass is 10.1. The summed E-state index contributed by atoms with van der Waals surface area (Å²) < 4.78 is 2.33. The molecule has 17 heavy (non-hydrogen) atoms. The lowest BCUT2D eigenvalue weighted by Crippen LogP contribution is -2.18. The van der Waals surface area contributed by atoms with Gasteiger partial charge in [-0.3, -0.25) is 0 Å². The molecule has 2 rings (SSSR count). The summed E-state index contributed by atoms with van der Waals surface area (Å²) in [4.78, 5) is 1.35. The van der Waals surface area contributed by atoms with Gasteiger partial charge in [-0.25, -0.2) is 0 Å².